The van der Waals surface area contributed by atoms with Crippen molar-refractivity contribution < 1.29 is 23.0 Å². The van der Waals surface area contributed by atoms with Gasteiger partial charge in [0.2, 0.25) is 0 Å². The average molecular weight is 380 g/mol. The van der Waals surface area contributed by atoms with E-state index < -0.39 is 12.7 Å². The van der Waals surface area contributed by atoms with Crippen molar-refractivity contribution in [3.63, 3.8) is 0 Å². The number of aliphatic hydroxyl groups excluding tert-OH is 1. The molecule has 26 heavy (non-hydrogen) atoms. The molecule has 2 rings (SSSR count). The minimum atomic E-state index is -4.14. The van der Waals surface area contributed by atoms with Crippen molar-refractivity contribution in [3.8, 4) is 0 Å². The van der Waals surface area contributed by atoms with E-state index in [1.54, 1.807) is 0 Å². The van der Waals surface area contributed by atoms with E-state index in [4.69, 9.17) is 4.74 Å². The monoisotopic (exact) mass is 380 g/mol. The number of likely N-dealkylation sites (tertiary alicyclic amines) is 1. The summed E-state index contributed by atoms with van der Waals surface area (Å²) in [7, 11) is 0. The van der Waals surface area contributed by atoms with Crippen LogP contribution in [-0.2, 0) is 4.74 Å². The van der Waals surface area contributed by atoms with Crippen molar-refractivity contribution in [2.45, 2.75) is 32.4 Å². The molecule has 0 aromatic heterocycles. The number of aliphatic hydroxyl groups is 1. The highest BCUT2D eigenvalue weighted by molar-refractivity contribution is 5.79. The molecule has 0 aliphatic carbocycles. The molecule has 0 radical (unpaired) electrons. The Morgan fingerprint density at radius 2 is 2.19 bits per heavy atom. The zero-order valence-electron chi connectivity index (χ0n) is 15.4. The fraction of sp³-hybridized carbons (Fsp3) is 0.941. The van der Waals surface area contributed by atoms with Crippen LogP contribution in [0, 0.1) is 11.3 Å². The number of rotatable bonds is 8. The van der Waals surface area contributed by atoms with Crippen molar-refractivity contribution >= 4 is 5.96 Å². The van der Waals surface area contributed by atoms with E-state index in [1.807, 2.05) is 6.92 Å². The Balaban J connectivity index is 1.82. The number of guanidine groups is 1. The fourth-order valence-corrected chi connectivity index (χ4v) is 3.59. The summed E-state index contributed by atoms with van der Waals surface area (Å²) in [4.78, 5) is 6.10. The Kier molecular flexibility index (Phi) is 7.97. The largest absolute Gasteiger partial charge is 0.401 e. The summed E-state index contributed by atoms with van der Waals surface area (Å²) in [5.74, 6) is 0.855. The van der Waals surface area contributed by atoms with Crippen molar-refractivity contribution in [2.75, 3.05) is 59.1 Å². The van der Waals surface area contributed by atoms with Crippen LogP contribution in [0.2, 0.25) is 0 Å². The second-order valence-electron chi connectivity index (χ2n) is 7.36. The molecule has 3 N–H and O–H groups in total. The van der Waals surface area contributed by atoms with Crippen LogP contribution < -0.4 is 10.6 Å². The zero-order chi connectivity index (χ0) is 19.0. The number of aliphatic imine (C=N–C) groups is 1. The predicted molar refractivity (Wildman–Crippen MR) is 94.2 cm³/mol. The maximum absolute atomic E-state index is 12.5. The molecule has 2 unspecified atom stereocenters. The van der Waals surface area contributed by atoms with Gasteiger partial charge in [-0.15, -0.1) is 0 Å². The first kappa shape index (κ1) is 21.2. The van der Waals surface area contributed by atoms with Gasteiger partial charge >= 0.3 is 6.18 Å². The predicted octanol–water partition coefficient (Wildman–Crippen LogP) is 1.21. The van der Waals surface area contributed by atoms with Crippen molar-refractivity contribution in [3.05, 3.63) is 0 Å². The van der Waals surface area contributed by atoms with Crippen LogP contribution in [0.15, 0.2) is 4.99 Å². The minimum absolute atomic E-state index is 0.111. The van der Waals surface area contributed by atoms with E-state index in [2.05, 4.69) is 15.6 Å². The number of nitrogens with zero attached hydrogens (tertiary/aromatic N) is 2. The molecule has 152 valence electrons. The van der Waals surface area contributed by atoms with E-state index >= 15 is 0 Å². The quantitative estimate of drug-likeness (QED) is 0.436. The molecular formula is C17H31F3N4O2. The maximum Gasteiger partial charge on any atom is 0.401 e. The molecule has 0 bridgehead atoms. The second kappa shape index (κ2) is 9.75. The average Bonchev–Trinajstić information content (AvgIpc) is 3.19. The Morgan fingerprint density at radius 1 is 1.38 bits per heavy atom. The van der Waals surface area contributed by atoms with Crippen LogP contribution in [0.4, 0.5) is 13.2 Å². The number of halogens is 3. The summed E-state index contributed by atoms with van der Waals surface area (Å²) in [5, 5.41) is 15.7. The lowest BCUT2D eigenvalue weighted by Crippen LogP contribution is -2.41. The summed E-state index contributed by atoms with van der Waals surface area (Å²) in [6, 6.07) is 0. The van der Waals surface area contributed by atoms with Crippen LogP contribution in [0.25, 0.3) is 0 Å². The number of ether oxygens (including phenoxy) is 1. The third kappa shape index (κ3) is 6.92. The van der Waals surface area contributed by atoms with Gasteiger partial charge in [0.05, 0.1) is 19.7 Å². The number of nitrogens with one attached hydrogen (secondary N) is 2. The van der Waals surface area contributed by atoms with Crippen LogP contribution >= 0.6 is 0 Å². The van der Waals surface area contributed by atoms with Gasteiger partial charge in [0.15, 0.2) is 5.96 Å². The number of hydrogen-bond donors (Lipinski definition) is 3. The zero-order valence-corrected chi connectivity index (χ0v) is 15.4. The van der Waals surface area contributed by atoms with E-state index in [0.29, 0.717) is 58.3 Å². The molecule has 0 spiro atoms. The Bertz CT molecular complexity index is 454. The lowest BCUT2D eigenvalue weighted by Gasteiger charge is -2.25. The van der Waals surface area contributed by atoms with Gasteiger partial charge in [-0.1, -0.05) is 0 Å². The second-order valence-corrected chi connectivity index (χ2v) is 7.36. The SMILES string of the molecule is CCNC(=NCC1(CCO)CCOC1)NCC1CCN(CC(F)(F)F)C1. The summed E-state index contributed by atoms with van der Waals surface area (Å²) in [5.41, 5.74) is -0.117. The Hall–Kier alpha value is -1.06. The van der Waals surface area contributed by atoms with E-state index in [9.17, 15) is 18.3 Å². The molecule has 2 saturated heterocycles. The highest BCUT2D eigenvalue weighted by Crippen LogP contribution is 2.32. The molecule has 2 aliphatic heterocycles. The van der Waals surface area contributed by atoms with Gasteiger partial charge in [0, 0.05) is 38.3 Å². The Morgan fingerprint density at radius 3 is 2.81 bits per heavy atom. The highest BCUT2D eigenvalue weighted by Gasteiger charge is 2.35. The van der Waals surface area contributed by atoms with E-state index in [1.165, 1.54) is 4.90 Å². The molecule has 2 heterocycles. The molecule has 6 nitrogen and oxygen atoms in total. The molecule has 0 aromatic carbocycles. The molecule has 9 heteroatoms. The molecule has 2 atom stereocenters. The van der Waals surface area contributed by atoms with Crippen LogP contribution in [0.3, 0.4) is 0 Å². The van der Waals surface area contributed by atoms with Gasteiger partial charge in [0.1, 0.15) is 0 Å². The first-order chi connectivity index (χ1) is 12.4. The molecule has 0 aromatic rings. The van der Waals surface area contributed by atoms with Crippen molar-refractivity contribution in [2.24, 2.45) is 16.3 Å². The van der Waals surface area contributed by atoms with Crippen molar-refractivity contribution in [1.29, 1.82) is 0 Å². The summed E-state index contributed by atoms with van der Waals surface area (Å²) < 4.78 is 42.9. The number of alkyl halides is 3. The van der Waals surface area contributed by atoms with Gasteiger partial charge in [-0.05, 0) is 38.6 Å². The number of hydrogen-bond acceptors (Lipinski definition) is 4. The maximum atomic E-state index is 12.5. The Labute approximate surface area is 153 Å². The first-order valence-corrected chi connectivity index (χ1v) is 9.36. The van der Waals surface area contributed by atoms with Gasteiger partial charge in [-0.25, -0.2) is 0 Å². The summed E-state index contributed by atoms with van der Waals surface area (Å²) >= 11 is 0. The minimum Gasteiger partial charge on any atom is -0.396 e. The smallest absolute Gasteiger partial charge is 0.396 e. The van der Waals surface area contributed by atoms with Gasteiger partial charge in [-0.3, -0.25) is 9.89 Å². The molecular weight excluding hydrogens is 349 g/mol. The third-order valence-corrected chi connectivity index (χ3v) is 5.07. The fourth-order valence-electron chi connectivity index (χ4n) is 3.59. The van der Waals surface area contributed by atoms with Crippen LogP contribution in [-0.4, -0.2) is 81.2 Å². The highest BCUT2D eigenvalue weighted by atomic mass is 19.4. The van der Waals surface area contributed by atoms with Crippen LogP contribution in [0.1, 0.15) is 26.2 Å². The van der Waals surface area contributed by atoms with Crippen LogP contribution in [0.5, 0.6) is 0 Å². The molecule has 0 saturated carbocycles. The summed E-state index contributed by atoms with van der Waals surface area (Å²) in [6.07, 6.45) is -1.84. The molecule has 0 amide bonds. The first-order valence-electron chi connectivity index (χ1n) is 9.36. The topological polar surface area (TPSA) is 69.1 Å². The lowest BCUT2D eigenvalue weighted by atomic mass is 9.84. The molecule has 2 aliphatic rings. The third-order valence-electron chi connectivity index (χ3n) is 5.07. The standard InChI is InChI=1S/C17H31F3N4O2/c1-2-21-15(23-11-16(4-7-25)5-8-26-13-16)22-9-14-3-6-24(10-14)12-17(18,19)20/h14,25H,2-13H2,1H3,(H2,21,22,23). The lowest BCUT2D eigenvalue weighted by molar-refractivity contribution is -0.143. The van der Waals surface area contributed by atoms with Gasteiger partial charge in [0.25, 0.3) is 0 Å². The van der Waals surface area contributed by atoms with E-state index in [0.717, 1.165) is 12.8 Å². The normalized spacial score (nSPS) is 27.9. The molecule has 2 fully saturated rings. The van der Waals surface area contributed by atoms with Gasteiger partial charge in [-0.2, -0.15) is 13.2 Å². The van der Waals surface area contributed by atoms with Crippen molar-refractivity contribution in [1.82, 2.24) is 15.5 Å². The van der Waals surface area contributed by atoms with E-state index in [-0.39, 0.29) is 17.9 Å². The van der Waals surface area contributed by atoms with Gasteiger partial charge < -0.3 is 20.5 Å². The summed E-state index contributed by atoms with van der Waals surface area (Å²) in [6.45, 7) is 5.35.